The number of thiazole rings is 1. The number of nitrogens with zero attached hydrogens (tertiary/aromatic N) is 2. The quantitative estimate of drug-likeness (QED) is 0.637. The molecule has 7 nitrogen and oxygen atoms in total. The van der Waals surface area contributed by atoms with Crippen molar-refractivity contribution in [1.82, 2.24) is 9.88 Å². The third-order valence-electron chi connectivity index (χ3n) is 5.09. The monoisotopic (exact) mass is 418 g/mol. The lowest BCUT2D eigenvalue weighted by Gasteiger charge is -2.35. The molecule has 0 aliphatic carbocycles. The zero-order valence-electron chi connectivity index (χ0n) is 17.0. The van der Waals surface area contributed by atoms with Gasteiger partial charge < -0.3 is 19.1 Å². The summed E-state index contributed by atoms with van der Waals surface area (Å²) in [5.74, 6) is 0.475. The summed E-state index contributed by atoms with van der Waals surface area (Å²) in [6.07, 6.45) is 4.06. The van der Waals surface area contributed by atoms with Gasteiger partial charge in [-0.15, -0.1) is 11.3 Å². The molecule has 1 aliphatic heterocycles. The highest BCUT2D eigenvalue weighted by Crippen LogP contribution is 2.33. The zero-order chi connectivity index (χ0) is 20.8. The highest BCUT2D eigenvalue weighted by molar-refractivity contribution is 7.13. The summed E-state index contributed by atoms with van der Waals surface area (Å²) in [6, 6.07) is 5.68. The number of methoxy groups -OCH3 is 2. The van der Waals surface area contributed by atoms with Crippen LogP contribution in [0, 0.1) is 0 Å². The van der Waals surface area contributed by atoms with E-state index in [1.165, 1.54) is 11.3 Å². The van der Waals surface area contributed by atoms with Crippen molar-refractivity contribution in [3.05, 3.63) is 29.3 Å². The minimum absolute atomic E-state index is 0.139. The number of ether oxygens (including phenoxy) is 3. The number of amides is 1. The molecule has 1 atom stereocenters. The third kappa shape index (κ3) is 4.87. The Balaban J connectivity index is 1.63. The topological polar surface area (TPSA) is 78.0 Å². The van der Waals surface area contributed by atoms with Gasteiger partial charge in [0.15, 0.2) is 23.8 Å². The molecule has 8 heteroatoms. The molecule has 1 amide bonds. The van der Waals surface area contributed by atoms with Crippen LogP contribution in [-0.4, -0.2) is 55.2 Å². The second-order valence-electron chi connectivity index (χ2n) is 6.83. The first-order valence-corrected chi connectivity index (χ1v) is 10.6. The van der Waals surface area contributed by atoms with Crippen molar-refractivity contribution in [2.75, 3.05) is 27.4 Å². The van der Waals surface area contributed by atoms with E-state index in [0.717, 1.165) is 37.8 Å². The maximum atomic E-state index is 12.5. The molecule has 0 spiro atoms. The minimum Gasteiger partial charge on any atom is -0.493 e. The summed E-state index contributed by atoms with van der Waals surface area (Å²) in [5.41, 5.74) is 1.00. The highest BCUT2D eigenvalue weighted by atomic mass is 32.1. The molecule has 29 heavy (non-hydrogen) atoms. The van der Waals surface area contributed by atoms with Crippen molar-refractivity contribution in [3.8, 4) is 22.1 Å². The second kappa shape index (κ2) is 9.73. The molecule has 3 rings (SSSR count). The lowest BCUT2D eigenvalue weighted by atomic mass is 10.00. The van der Waals surface area contributed by atoms with E-state index in [2.05, 4.69) is 11.9 Å². The largest absolute Gasteiger partial charge is 0.493 e. The van der Waals surface area contributed by atoms with E-state index >= 15 is 0 Å². The number of rotatable bonds is 7. The van der Waals surface area contributed by atoms with Crippen LogP contribution in [-0.2, 0) is 9.53 Å². The normalized spacial score (nSPS) is 16.4. The molecular weight excluding hydrogens is 392 g/mol. The van der Waals surface area contributed by atoms with Gasteiger partial charge in [-0.1, -0.05) is 6.92 Å². The van der Waals surface area contributed by atoms with Crippen LogP contribution >= 0.6 is 11.3 Å². The van der Waals surface area contributed by atoms with E-state index in [0.29, 0.717) is 16.5 Å². The molecule has 0 bridgehead atoms. The Morgan fingerprint density at radius 3 is 2.72 bits per heavy atom. The van der Waals surface area contributed by atoms with Crippen molar-refractivity contribution in [2.24, 2.45) is 0 Å². The molecular formula is C21H26N2O5S. The van der Waals surface area contributed by atoms with Crippen molar-refractivity contribution in [3.63, 3.8) is 0 Å². The molecule has 0 N–H and O–H groups in total. The van der Waals surface area contributed by atoms with Crippen LogP contribution in [0.3, 0.4) is 0 Å². The number of piperidine rings is 1. The van der Waals surface area contributed by atoms with Gasteiger partial charge in [-0.2, -0.15) is 0 Å². The second-order valence-corrected chi connectivity index (χ2v) is 7.69. The predicted octanol–water partition coefficient (Wildman–Crippen LogP) is 3.78. The van der Waals surface area contributed by atoms with Crippen LogP contribution in [0.25, 0.3) is 10.6 Å². The molecule has 1 aromatic heterocycles. The van der Waals surface area contributed by atoms with E-state index in [4.69, 9.17) is 14.2 Å². The van der Waals surface area contributed by atoms with Crippen molar-refractivity contribution in [1.29, 1.82) is 0 Å². The first-order chi connectivity index (χ1) is 14.1. The van der Waals surface area contributed by atoms with Crippen molar-refractivity contribution < 1.29 is 23.8 Å². The Kier molecular flexibility index (Phi) is 7.09. The number of carbonyl (C=O) groups is 2. The maximum absolute atomic E-state index is 12.5. The molecule has 1 unspecified atom stereocenters. The molecule has 0 saturated carbocycles. The van der Waals surface area contributed by atoms with Crippen LogP contribution in [0.15, 0.2) is 23.6 Å². The molecule has 2 aromatic rings. The van der Waals surface area contributed by atoms with Gasteiger partial charge in [0.1, 0.15) is 5.01 Å². The van der Waals surface area contributed by atoms with Crippen LogP contribution in [0.2, 0.25) is 0 Å². The summed E-state index contributed by atoms with van der Waals surface area (Å²) in [4.78, 5) is 31.0. The molecule has 156 valence electrons. The number of hydrogen-bond donors (Lipinski definition) is 0. The number of hydrogen-bond acceptors (Lipinski definition) is 7. The summed E-state index contributed by atoms with van der Waals surface area (Å²) in [6.45, 7) is 2.56. The molecule has 1 fully saturated rings. The van der Waals surface area contributed by atoms with E-state index in [1.807, 2.05) is 11.0 Å². The Morgan fingerprint density at radius 1 is 1.21 bits per heavy atom. The van der Waals surface area contributed by atoms with Crippen LogP contribution in [0.1, 0.15) is 43.1 Å². The Bertz CT molecular complexity index is 867. The first kappa shape index (κ1) is 21.1. The van der Waals surface area contributed by atoms with Gasteiger partial charge in [0.25, 0.3) is 5.91 Å². The standard InChI is InChI=1S/C21H26N2O5S/c1-4-15-7-5-6-10-23(15)19(24)12-28-21(25)16-13-29-20(22-16)14-8-9-17(26-2)18(11-14)27-3/h8-9,11,13,15H,4-7,10,12H2,1-3H3. The van der Waals surface area contributed by atoms with Gasteiger partial charge in [-0.25, -0.2) is 9.78 Å². The van der Waals surface area contributed by atoms with Gasteiger partial charge in [-0.3, -0.25) is 4.79 Å². The molecule has 1 aromatic carbocycles. The fourth-order valence-corrected chi connectivity index (χ4v) is 4.29. The van der Waals surface area contributed by atoms with Gasteiger partial charge in [0.05, 0.1) is 14.2 Å². The lowest BCUT2D eigenvalue weighted by molar-refractivity contribution is -0.138. The Labute approximate surface area is 174 Å². The van der Waals surface area contributed by atoms with Crippen molar-refractivity contribution in [2.45, 2.75) is 38.6 Å². The van der Waals surface area contributed by atoms with Gasteiger partial charge in [0, 0.05) is 23.5 Å². The third-order valence-corrected chi connectivity index (χ3v) is 5.98. The van der Waals surface area contributed by atoms with E-state index in [1.54, 1.807) is 31.7 Å². The predicted molar refractivity (Wildman–Crippen MR) is 111 cm³/mol. The fourth-order valence-electron chi connectivity index (χ4n) is 3.51. The Hall–Kier alpha value is -2.61. The first-order valence-electron chi connectivity index (χ1n) is 9.71. The smallest absolute Gasteiger partial charge is 0.358 e. The SMILES string of the molecule is CCC1CCCCN1C(=O)COC(=O)c1csc(-c2ccc(OC)c(OC)c2)n1. The van der Waals surface area contributed by atoms with Crippen LogP contribution in [0.4, 0.5) is 0 Å². The number of esters is 1. The van der Waals surface area contributed by atoms with Gasteiger partial charge in [0.2, 0.25) is 0 Å². The number of benzene rings is 1. The lowest BCUT2D eigenvalue weighted by Crippen LogP contribution is -2.45. The summed E-state index contributed by atoms with van der Waals surface area (Å²) >= 11 is 1.33. The average Bonchev–Trinajstić information content (AvgIpc) is 3.27. The Morgan fingerprint density at radius 2 is 2.00 bits per heavy atom. The van der Waals surface area contributed by atoms with E-state index < -0.39 is 5.97 Å². The number of carbonyl (C=O) groups excluding carboxylic acids is 2. The zero-order valence-corrected chi connectivity index (χ0v) is 17.8. The molecule has 2 heterocycles. The van der Waals surface area contributed by atoms with Gasteiger partial charge >= 0.3 is 5.97 Å². The average molecular weight is 419 g/mol. The van der Waals surface area contributed by atoms with E-state index in [9.17, 15) is 9.59 Å². The van der Waals surface area contributed by atoms with Gasteiger partial charge in [-0.05, 0) is 43.9 Å². The molecule has 1 aliphatic rings. The summed E-state index contributed by atoms with van der Waals surface area (Å²) in [7, 11) is 3.14. The van der Waals surface area contributed by atoms with Crippen LogP contribution in [0.5, 0.6) is 11.5 Å². The number of aromatic nitrogens is 1. The highest BCUT2D eigenvalue weighted by Gasteiger charge is 2.26. The molecule has 1 saturated heterocycles. The van der Waals surface area contributed by atoms with Crippen LogP contribution < -0.4 is 9.47 Å². The summed E-state index contributed by atoms with van der Waals surface area (Å²) < 4.78 is 15.8. The van der Waals surface area contributed by atoms with Crippen molar-refractivity contribution >= 4 is 23.2 Å². The maximum Gasteiger partial charge on any atom is 0.358 e. The molecule has 0 radical (unpaired) electrons. The minimum atomic E-state index is -0.591. The van der Waals surface area contributed by atoms with E-state index in [-0.39, 0.29) is 24.2 Å². The fraction of sp³-hybridized carbons (Fsp3) is 0.476. The summed E-state index contributed by atoms with van der Waals surface area (Å²) in [5, 5.41) is 2.29. The number of likely N-dealkylation sites (tertiary alicyclic amines) is 1.